The predicted molar refractivity (Wildman–Crippen MR) is 256 cm³/mol. The van der Waals surface area contributed by atoms with Crippen molar-refractivity contribution in [2.45, 2.75) is 49.2 Å². The SMILES string of the molecule is COc1ccc(C(OC[C@H]2O[C@@H](n3cnc4c(NC(=O)c5ccc(CCC(=O)OCC6c7ccccc7-c7ccccc76)cc5)ncnc43)CC2O)(c2ccccc2)c2ccc(OC)cc2)cc1. The van der Waals surface area contributed by atoms with Gasteiger partial charge in [0.1, 0.15) is 42.4 Å². The Hall–Kier alpha value is -7.71. The van der Waals surface area contributed by atoms with Crippen LogP contribution in [0.25, 0.3) is 22.3 Å². The second-order valence-electron chi connectivity index (χ2n) is 16.9. The summed E-state index contributed by atoms with van der Waals surface area (Å²) in [5, 5.41) is 14.4. The van der Waals surface area contributed by atoms with Gasteiger partial charge in [-0.05, 0) is 87.3 Å². The molecule has 2 N–H and O–H groups in total. The van der Waals surface area contributed by atoms with Crippen molar-refractivity contribution in [3.8, 4) is 22.6 Å². The highest BCUT2D eigenvalue weighted by atomic mass is 16.6. The number of aromatic nitrogens is 4. The van der Waals surface area contributed by atoms with Gasteiger partial charge >= 0.3 is 5.97 Å². The minimum absolute atomic E-state index is 0.000977. The van der Waals surface area contributed by atoms with Crippen LogP contribution in [-0.2, 0) is 31.0 Å². The standard InChI is InChI=1S/C55H49N5O8/c1-64-40-25-21-38(22-26-40)55(37-10-4-3-5-11-37,39-23-27-41(65-2)28-24-39)67-32-48-47(61)30-49(68-48)60-34-58-51-52(56-33-57-53(51)60)59-54(63)36-19-16-35(17-20-36)18-29-50(62)66-31-46-44-14-8-6-12-42(44)43-13-7-9-15-45(43)46/h3-17,19-28,33-34,46-49,61H,18,29-32H2,1-2H3,(H,56,57,59,63)/t47?,48-,49-/m1/s1. The Bertz CT molecular complexity index is 2960. The van der Waals surface area contributed by atoms with Crippen LogP contribution in [0.3, 0.4) is 0 Å². The molecule has 1 amide bonds. The van der Waals surface area contributed by atoms with E-state index in [0.717, 1.165) is 22.3 Å². The number of aliphatic hydroxyl groups excluding tert-OH is 1. The summed E-state index contributed by atoms with van der Waals surface area (Å²) in [7, 11) is 3.25. The molecule has 13 nitrogen and oxygen atoms in total. The summed E-state index contributed by atoms with van der Waals surface area (Å²) in [5.41, 5.74) is 8.28. The normalized spacial score (nSPS) is 16.5. The van der Waals surface area contributed by atoms with Crippen molar-refractivity contribution in [2.75, 3.05) is 32.8 Å². The topological polar surface area (TPSA) is 156 Å². The number of hydrogen-bond donors (Lipinski definition) is 2. The maximum atomic E-state index is 13.5. The van der Waals surface area contributed by atoms with Crippen LogP contribution in [0.2, 0.25) is 0 Å². The van der Waals surface area contributed by atoms with Gasteiger partial charge in [-0.25, -0.2) is 15.0 Å². The number of rotatable bonds is 16. The Labute approximate surface area is 393 Å². The molecule has 1 fully saturated rings. The zero-order valence-corrected chi connectivity index (χ0v) is 37.5. The van der Waals surface area contributed by atoms with Crippen molar-refractivity contribution in [3.63, 3.8) is 0 Å². The van der Waals surface area contributed by atoms with Gasteiger partial charge in [-0.2, -0.15) is 0 Å². The second-order valence-corrected chi connectivity index (χ2v) is 16.9. The average Bonchev–Trinajstić information content (AvgIpc) is 4.09. The Balaban J connectivity index is 0.789. The van der Waals surface area contributed by atoms with Crippen LogP contribution in [0.4, 0.5) is 5.82 Å². The molecule has 0 saturated carbocycles. The zero-order chi connectivity index (χ0) is 46.6. The van der Waals surface area contributed by atoms with Gasteiger partial charge in [0.25, 0.3) is 5.91 Å². The van der Waals surface area contributed by atoms with Gasteiger partial charge in [0.15, 0.2) is 17.0 Å². The zero-order valence-electron chi connectivity index (χ0n) is 37.5. The van der Waals surface area contributed by atoms with E-state index in [1.54, 1.807) is 37.2 Å². The molecule has 13 heteroatoms. The van der Waals surface area contributed by atoms with Crippen LogP contribution in [0.5, 0.6) is 11.5 Å². The minimum atomic E-state index is -1.10. The third-order valence-electron chi connectivity index (χ3n) is 13.0. The number of benzene rings is 6. The number of fused-ring (bicyclic) bond motifs is 4. The maximum absolute atomic E-state index is 13.5. The molecular weight excluding hydrogens is 859 g/mol. The first-order chi connectivity index (χ1) is 33.3. The minimum Gasteiger partial charge on any atom is -0.497 e. The molecule has 1 unspecified atom stereocenters. The number of nitrogens with one attached hydrogen (secondary N) is 1. The van der Waals surface area contributed by atoms with E-state index >= 15 is 0 Å². The Morgan fingerprint density at radius 2 is 1.32 bits per heavy atom. The molecule has 3 heterocycles. The molecule has 1 aliphatic heterocycles. The number of aliphatic hydroxyl groups is 1. The van der Waals surface area contributed by atoms with Crippen LogP contribution in [0.1, 0.15) is 68.7 Å². The first-order valence-electron chi connectivity index (χ1n) is 22.6. The van der Waals surface area contributed by atoms with E-state index in [2.05, 4.69) is 44.5 Å². The highest BCUT2D eigenvalue weighted by Crippen LogP contribution is 2.45. The maximum Gasteiger partial charge on any atom is 0.306 e. The molecule has 0 bridgehead atoms. The van der Waals surface area contributed by atoms with E-state index < -0.39 is 24.0 Å². The van der Waals surface area contributed by atoms with Crippen molar-refractivity contribution in [1.82, 2.24) is 19.5 Å². The van der Waals surface area contributed by atoms with Gasteiger partial charge in [0.05, 0.1) is 33.3 Å². The number of amides is 1. The second kappa shape index (κ2) is 19.3. The quantitative estimate of drug-likeness (QED) is 0.0705. The Kier molecular flexibility index (Phi) is 12.5. The molecule has 6 aromatic carbocycles. The molecule has 2 aliphatic rings. The molecule has 342 valence electrons. The lowest BCUT2D eigenvalue weighted by molar-refractivity contribution is -0.143. The summed E-state index contributed by atoms with van der Waals surface area (Å²) in [6.07, 6.45) is 1.59. The first-order valence-corrected chi connectivity index (χ1v) is 22.6. The predicted octanol–water partition coefficient (Wildman–Crippen LogP) is 9.04. The number of anilines is 1. The van der Waals surface area contributed by atoms with Gasteiger partial charge < -0.3 is 34.1 Å². The van der Waals surface area contributed by atoms with E-state index in [1.807, 2.05) is 115 Å². The monoisotopic (exact) mass is 907 g/mol. The molecule has 1 aliphatic carbocycles. The molecular formula is C55H49N5O8. The van der Waals surface area contributed by atoms with Crippen LogP contribution in [0, 0.1) is 0 Å². The van der Waals surface area contributed by atoms with Crippen LogP contribution < -0.4 is 14.8 Å². The molecule has 1 saturated heterocycles. The van der Waals surface area contributed by atoms with E-state index in [-0.39, 0.29) is 49.7 Å². The Morgan fingerprint density at radius 1 is 0.721 bits per heavy atom. The fourth-order valence-electron chi connectivity index (χ4n) is 9.41. The van der Waals surface area contributed by atoms with E-state index in [0.29, 0.717) is 34.6 Å². The van der Waals surface area contributed by atoms with Crippen molar-refractivity contribution in [2.24, 2.45) is 0 Å². The summed E-state index contributed by atoms with van der Waals surface area (Å²) >= 11 is 0. The molecule has 0 radical (unpaired) electrons. The van der Waals surface area contributed by atoms with Gasteiger partial charge in [0, 0.05) is 24.3 Å². The van der Waals surface area contributed by atoms with Gasteiger partial charge in [-0.3, -0.25) is 14.2 Å². The molecule has 3 atom stereocenters. The van der Waals surface area contributed by atoms with Crippen LogP contribution >= 0.6 is 0 Å². The van der Waals surface area contributed by atoms with Crippen molar-refractivity contribution >= 4 is 28.9 Å². The number of carbonyl (C=O) groups is 2. The molecule has 68 heavy (non-hydrogen) atoms. The van der Waals surface area contributed by atoms with Gasteiger partial charge in [-0.1, -0.05) is 115 Å². The summed E-state index contributed by atoms with van der Waals surface area (Å²) in [5.74, 6) is 0.976. The highest BCUT2D eigenvalue weighted by molar-refractivity contribution is 6.06. The number of ether oxygens (including phenoxy) is 5. The lowest BCUT2D eigenvalue weighted by atomic mass is 9.80. The lowest BCUT2D eigenvalue weighted by Crippen LogP contribution is -2.38. The smallest absolute Gasteiger partial charge is 0.306 e. The fourth-order valence-corrected chi connectivity index (χ4v) is 9.41. The van der Waals surface area contributed by atoms with E-state index in [1.165, 1.54) is 28.6 Å². The first kappa shape index (κ1) is 44.1. The third kappa shape index (κ3) is 8.58. The molecule has 8 aromatic rings. The summed E-state index contributed by atoms with van der Waals surface area (Å²) < 4.78 is 32.1. The largest absolute Gasteiger partial charge is 0.497 e. The lowest BCUT2D eigenvalue weighted by Gasteiger charge is -2.37. The molecule has 0 spiro atoms. The number of carbonyl (C=O) groups excluding carboxylic acids is 2. The molecule has 10 rings (SSSR count). The number of esters is 1. The number of imidazole rings is 1. The summed E-state index contributed by atoms with van der Waals surface area (Å²) in [6, 6.07) is 49.0. The summed E-state index contributed by atoms with van der Waals surface area (Å²) in [6.45, 7) is 0.307. The van der Waals surface area contributed by atoms with Crippen LogP contribution in [-0.4, -0.2) is 76.1 Å². The Morgan fingerprint density at radius 3 is 1.96 bits per heavy atom. The van der Waals surface area contributed by atoms with Crippen molar-refractivity contribution < 1.29 is 38.4 Å². The van der Waals surface area contributed by atoms with E-state index in [9.17, 15) is 14.7 Å². The fraction of sp³-hybridized carbons (Fsp3) is 0.218. The van der Waals surface area contributed by atoms with Crippen molar-refractivity contribution in [1.29, 1.82) is 0 Å². The van der Waals surface area contributed by atoms with E-state index in [4.69, 9.17) is 23.7 Å². The van der Waals surface area contributed by atoms with Gasteiger partial charge in [0.2, 0.25) is 0 Å². The number of aryl methyl sites for hydroxylation is 1. The summed E-state index contributed by atoms with van der Waals surface area (Å²) in [4.78, 5) is 39.9. The number of nitrogens with zero attached hydrogens (tertiary/aromatic N) is 4. The molecule has 2 aromatic heterocycles. The van der Waals surface area contributed by atoms with Crippen LogP contribution in [0.15, 0.2) is 164 Å². The highest BCUT2D eigenvalue weighted by Gasteiger charge is 2.42. The number of hydrogen-bond acceptors (Lipinski definition) is 11. The third-order valence-corrected chi connectivity index (χ3v) is 13.0. The van der Waals surface area contributed by atoms with Gasteiger partial charge in [-0.15, -0.1) is 0 Å². The van der Waals surface area contributed by atoms with Crippen molar-refractivity contribution in [3.05, 3.63) is 203 Å². The number of methoxy groups -OCH3 is 2. The average molecular weight is 908 g/mol.